The van der Waals surface area contributed by atoms with E-state index in [-0.39, 0.29) is 11.6 Å². The van der Waals surface area contributed by atoms with Gasteiger partial charge in [0.2, 0.25) is 0 Å². The molecule has 0 spiro atoms. The number of carbonyl (C=O) groups is 2. The fraction of sp³-hybridized carbons (Fsp3) is 0.231. The number of aromatic carboxylic acids is 1. The summed E-state index contributed by atoms with van der Waals surface area (Å²) in [5.41, 5.74) is 1.22. The van der Waals surface area contributed by atoms with E-state index in [4.69, 9.17) is 5.11 Å². The number of benzene rings is 1. The lowest BCUT2D eigenvalue weighted by atomic mass is 10.1. The average molecular weight is 327 g/mol. The van der Waals surface area contributed by atoms with E-state index in [0.717, 1.165) is 5.56 Å². The van der Waals surface area contributed by atoms with Crippen molar-refractivity contribution in [1.29, 1.82) is 0 Å². The monoisotopic (exact) mass is 326 g/mol. The molecule has 0 atom stereocenters. The highest BCUT2D eigenvalue weighted by atomic mass is 79.9. The Bertz CT molecular complexity index is 471. The molecule has 0 radical (unpaired) electrons. The van der Waals surface area contributed by atoms with Crippen molar-refractivity contribution in [3.63, 3.8) is 0 Å². The Balaban J connectivity index is 2.31. The molecule has 0 unspecified atom stereocenters. The molecule has 3 N–H and O–H groups in total. The predicted octanol–water partition coefficient (Wildman–Crippen LogP) is 2.14. The van der Waals surface area contributed by atoms with Gasteiger partial charge in [0.25, 0.3) is 0 Å². The summed E-state index contributed by atoms with van der Waals surface area (Å²) in [6, 6.07) is 6.31. The molecular weight excluding hydrogens is 312 g/mol. The molecule has 0 saturated heterocycles. The van der Waals surface area contributed by atoms with Crippen LogP contribution >= 0.6 is 15.9 Å². The quantitative estimate of drug-likeness (QED) is 0.749. The molecule has 0 saturated carbocycles. The molecule has 0 aliphatic carbocycles. The fourth-order valence-corrected chi connectivity index (χ4v) is 1.51. The van der Waals surface area contributed by atoms with Gasteiger partial charge in [0, 0.05) is 11.0 Å². The van der Waals surface area contributed by atoms with E-state index >= 15 is 0 Å². The number of carboxylic acid groups (broad SMARTS) is 1. The molecule has 102 valence electrons. The second kappa shape index (κ2) is 7.58. The van der Waals surface area contributed by atoms with E-state index in [2.05, 4.69) is 33.1 Å². The molecule has 1 aromatic carbocycles. The van der Waals surface area contributed by atoms with Gasteiger partial charge in [-0.3, -0.25) is 0 Å². The first-order valence-electron chi connectivity index (χ1n) is 5.66. The zero-order chi connectivity index (χ0) is 14.3. The van der Waals surface area contributed by atoms with Crippen LogP contribution in [0.25, 0.3) is 0 Å². The van der Waals surface area contributed by atoms with Crippen LogP contribution in [0.2, 0.25) is 0 Å². The van der Waals surface area contributed by atoms with Crippen LogP contribution in [-0.4, -0.2) is 30.2 Å². The summed E-state index contributed by atoms with van der Waals surface area (Å²) in [6.07, 6.45) is 0.641. The van der Waals surface area contributed by atoms with Crippen LogP contribution in [-0.2, 0) is 6.42 Å². The Morgan fingerprint density at radius 2 is 1.84 bits per heavy atom. The minimum atomic E-state index is -0.945. The van der Waals surface area contributed by atoms with Gasteiger partial charge in [-0.05, 0) is 24.1 Å². The van der Waals surface area contributed by atoms with Crippen molar-refractivity contribution in [1.82, 2.24) is 10.6 Å². The number of hydrogen-bond donors (Lipinski definition) is 3. The smallest absolute Gasteiger partial charge is 0.335 e. The molecule has 6 heteroatoms. The average Bonchev–Trinajstić information content (AvgIpc) is 2.37. The van der Waals surface area contributed by atoms with Crippen molar-refractivity contribution in [3.8, 4) is 0 Å². The van der Waals surface area contributed by atoms with Crippen molar-refractivity contribution >= 4 is 27.9 Å². The summed E-state index contributed by atoms with van der Waals surface area (Å²) < 4.78 is 0.701. The first kappa shape index (κ1) is 15.2. The van der Waals surface area contributed by atoms with Crippen LogP contribution < -0.4 is 10.6 Å². The molecule has 19 heavy (non-hydrogen) atoms. The van der Waals surface area contributed by atoms with Gasteiger partial charge in [-0.25, -0.2) is 9.59 Å². The summed E-state index contributed by atoms with van der Waals surface area (Å²) in [5.74, 6) is -0.945. The zero-order valence-corrected chi connectivity index (χ0v) is 11.9. The second-order valence-corrected chi connectivity index (χ2v) is 5.00. The summed E-state index contributed by atoms with van der Waals surface area (Å²) in [5, 5.41) is 14.1. The van der Waals surface area contributed by atoms with Crippen molar-refractivity contribution in [2.24, 2.45) is 0 Å². The number of carbonyl (C=O) groups excluding carboxylic acids is 1. The third kappa shape index (κ3) is 6.05. The number of rotatable bonds is 6. The molecule has 0 aromatic heterocycles. The first-order valence-corrected chi connectivity index (χ1v) is 6.45. The number of urea groups is 1. The first-order chi connectivity index (χ1) is 8.99. The molecular formula is C13H15BrN2O3. The maximum Gasteiger partial charge on any atom is 0.335 e. The molecule has 5 nitrogen and oxygen atoms in total. The molecule has 0 bridgehead atoms. The van der Waals surface area contributed by atoms with Gasteiger partial charge in [0.05, 0.1) is 12.1 Å². The lowest BCUT2D eigenvalue weighted by molar-refractivity contribution is 0.0697. The molecule has 2 amide bonds. The summed E-state index contributed by atoms with van der Waals surface area (Å²) in [7, 11) is 0. The molecule has 0 aliphatic rings. The number of halogens is 1. The standard InChI is InChI=1S/C13H15BrN2O3/c1-9(14)8-16-13(19)15-7-6-10-2-4-11(5-3-10)12(17)18/h2-5H,1,6-8H2,(H,17,18)(H2,15,16,19). The minimum absolute atomic E-state index is 0.255. The Morgan fingerprint density at radius 1 is 1.21 bits per heavy atom. The van der Waals surface area contributed by atoms with E-state index < -0.39 is 5.97 Å². The molecule has 1 rings (SSSR count). The van der Waals surface area contributed by atoms with E-state index in [1.54, 1.807) is 24.3 Å². The highest BCUT2D eigenvalue weighted by molar-refractivity contribution is 9.11. The zero-order valence-electron chi connectivity index (χ0n) is 10.3. The molecule has 1 aromatic rings. The van der Waals surface area contributed by atoms with E-state index in [9.17, 15) is 9.59 Å². The van der Waals surface area contributed by atoms with Crippen LogP contribution in [0.15, 0.2) is 35.3 Å². The Hall–Kier alpha value is -1.82. The van der Waals surface area contributed by atoms with Gasteiger partial charge in [0.1, 0.15) is 0 Å². The van der Waals surface area contributed by atoms with Gasteiger partial charge in [-0.1, -0.05) is 34.6 Å². The van der Waals surface area contributed by atoms with Gasteiger partial charge >= 0.3 is 12.0 Å². The third-order valence-electron chi connectivity index (χ3n) is 2.34. The second-order valence-electron chi connectivity index (χ2n) is 3.88. The number of nitrogens with one attached hydrogen (secondary N) is 2. The van der Waals surface area contributed by atoms with E-state index in [1.165, 1.54) is 0 Å². The van der Waals surface area contributed by atoms with Gasteiger partial charge in [0.15, 0.2) is 0 Å². The maximum absolute atomic E-state index is 11.3. The van der Waals surface area contributed by atoms with Crippen LogP contribution in [0, 0.1) is 0 Å². The van der Waals surface area contributed by atoms with Crippen LogP contribution in [0.3, 0.4) is 0 Å². The van der Waals surface area contributed by atoms with Crippen molar-refractivity contribution < 1.29 is 14.7 Å². The van der Waals surface area contributed by atoms with Crippen LogP contribution in [0.1, 0.15) is 15.9 Å². The normalized spacial score (nSPS) is 9.74. The predicted molar refractivity (Wildman–Crippen MR) is 76.6 cm³/mol. The van der Waals surface area contributed by atoms with Crippen LogP contribution in [0.5, 0.6) is 0 Å². The van der Waals surface area contributed by atoms with Gasteiger partial charge < -0.3 is 15.7 Å². The number of hydrogen-bond acceptors (Lipinski definition) is 2. The maximum atomic E-state index is 11.3. The van der Waals surface area contributed by atoms with E-state index in [1.807, 2.05) is 0 Å². The molecule has 0 heterocycles. The number of amides is 2. The largest absolute Gasteiger partial charge is 0.478 e. The van der Waals surface area contributed by atoms with Gasteiger partial charge in [-0.2, -0.15) is 0 Å². The lowest BCUT2D eigenvalue weighted by Gasteiger charge is -2.07. The lowest BCUT2D eigenvalue weighted by Crippen LogP contribution is -2.37. The topological polar surface area (TPSA) is 78.4 Å². The van der Waals surface area contributed by atoms with Crippen LogP contribution in [0.4, 0.5) is 4.79 Å². The fourth-order valence-electron chi connectivity index (χ4n) is 1.37. The van der Waals surface area contributed by atoms with E-state index in [0.29, 0.717) is 24.0 Å². The summed E-state index contributed by atoms with van der Waals surface area (Å²) >= 11 is 3.14. The minimum Gasteiger partial charge on any atom is -0.478 e. The number of carboxylic acids is 1. The van der Waals surface area contributed by atoms with Gasteiger partial charge in [-0.15, -0.1) is 0 Å². The summed E-state index contributed by atoms with van der Waals surface area (Å²) in [6.45, 7) is 4.46. The van der Waals surface area contributed by atoms with Crippen molar-refractivity contribution in [2.75, 3.05) is 13.1 Å². The van der Waals surface area contributed by atoms with Crippen molar-refractivity contribution in [2.45, 2.75) is 6.42 Å². The molecule has 0 fully saturated rings. The van der Waals surface area contributed by atoms with Crippen molar-refractivity contribution in [3.05, 3.63) is 46.5 Å². The SMILES string of the molecule is C=C(Br)CNC(=O)NCCc1ccc(C(=O)O)cc1. The highest BCUT2D eigenvalue weighted by Gasteiger charge is 2.02. The third-order valence-corrected chi connectivity index (χ3v) is 2.62. The highest BCUT2D eigenvalue weighted by Crippen LogP contribution is 2.04. The Labute approximate surface area is 119 Å². The molecule has 0 aliphatic heterocycles. The Morgan fingerprint density at radius 3 is 2.37 bits per heavy atom. The summed E-state index contributed by atoms with van der Waals surface area (Å²) in [4.78, 5) is 22.0. The Kier molecular flexibility index (Phi) is 6.08.